The SMILES string of the molecule is CCOc1ccccc1NN=Nc1ccccc1C#N. The third-order valence-corrected chi connectivity index (χ3v) is 2.54. The largest absolute Gasteiger partial charge is 0.492 e. The number of hydrogen-bond acceptors (Lipinski definition) is 4. The molecule has 0 saturated carbocycles. The fourth-order valence-electron chi connectivity index (χ4n) is 1.63. The van der Waals surface area contributed by atoms with Gasteiger partial charge in [-0.1, -0.05) is 29.5 Å². The van der Waals surface area contributed by atoms with Crippen molar-refractivity contribution in [2.45, 2.75) is 6.92 Å². The second-order valence-electron chi connectivity index (χ2n) is 3.87. The Balaban J connectivity index is 2.12. The van der Waals surface area contributed by atoms with Crippen molar-refractivity contribution >= 4 is 11.4 Å². The van der Waals surface area contributed by atoms with Gasteiger partial charge in [-0.2, -0.15) is 5.26 Å². The number of hydrogen-bond donors (Lipinski definition) is 1. The van der Waals surface area contributed by atoms with Crippen molar-refractivity contribution in [3.8, 4) is 11.8 Å². The van der Waals surface area contributed by atoms with E-state index in [9.17, 15) is 0 Å². The molecule has 0 amide bonds. The van der Waals surface area contributed by atoms with Gasteiger partial charge in [0.15, 0.2) is 0 Å². The number of rotatable bonds is 5. The zero-order valence-electron chi connectivity index (χ0n) is 11.1. The Morgan fingerprint density at radius 3 is 2.70 bits per heavy atom. The Hall–Kier alpha value is -2.87. The predicted octanol–water partition coefficient (Wildman–Crippen LogP) is 4.07. The molecule has 2 aromatic carbocycles. The summed E-state index contributed by atoms with van der Waals surface area (Å²) in [6.07, 6.45) is 0. The van der Waals surface area contributed by atoms with Crippen LogP contribution >= 0.6 is 0 Å². The molecule has 0 aliphatic rings. The molecule has 2 aromatic rings. The average molecular weight is 266 g/mol. The van der Waals surface area contributed by atoms with Gasteiger partial charge < -0.3 is 4.74 Å². The van der Waals surface area contributed by atoms with Crippen molar-refractivity contribution in [3.63, 3.8) is 0 Å². The molecule has 0 spiro atoms. The maximum absolute atomic E-state index is 8.96. The molecule has 0 aliphatic heterocycles. The molecule has 0 fully saturated rings. The van der Waals surface area contributed by atoms with Crippen LogP contribution in [0.5, 0.6) is 5.75 Å². The monoisotopic (exact) mass is 266 g/mol. The van der Waals surface area contributed by atoms with Gasteiger partial charge >= 0.3 is 0 Å². The first-order valence-corrected chi connectivity index (χ1v) is 6.23. The van der Waals surface area contributed by atoms with Crippen molar-refractivity contribution in [3.05, 3.63) is 54.1 Å². The van der Waals surface area contributed by atoms with Crippen LogP contribution in [0.3, 0.4) is 0 Å². The van der Waals surface area contributed by atoms with Gasteiger partial charge in [-0.15, -0.1) is 5.11 Å². The van der Waals surface area contributed by atoms with Gasteiger partial charge in [0.05, 0.1) is 17.9 Å². The fraction of sp³-hybridized carbons (Fsp3) is 0.133. The number of benzene rings is 2. The standard InChI is InChI=1S/C15H14N4O/c1-2-20-15-10-6-5-9-14(15)18-19-17-13-8-4-3-7-12(13)11-16/h3-10H,2H2,1H3,(H,17,18). The van der Waals surface area contributed by atoms with Crippen molar-refractivity contribution in [2.24, 2.45) is 10.3 Å². The minimum atomic E-state index is 0.483. The Labute approximate surface area is 117 Å². The van der Waals surface area contributed by atoms with E-state index in [-0.39, 0.29) is 0 Å². The summed E-state index contributed by atoms with van der Waals surface area (Å²) in [5.74, 6) is 0.711. The van der Waals surface area contributed by atoms with E-state index in [4.69, 9.17) is 10.00 Å². The Kier molecular flexibility index (Phi) is 4.68. The van der Waals surface area contributed by atoms with Gasteiger partial charge in [-0.3, -0.25) is 5.43 Å². The van der Waals surface area contributed by atoms with Crippen molar-refractivity contribution in [1.82, 2.24) is 0 Å². The summed E-state index contributed by atoms with van der Waals surface area (Å²) in [4.78, 5) is 0. The molecule has 0 radical (unpaired) electrons. The summed E-state index contributed by atoms with van der Waals surface area (Å²) < 4.78 is 5.47. The number of nitriles is 1. The highest BCUT2D eigenvalue weighted by molar-refractivity contribution is 5.56. The zero-order chi connectivity index (χ0) is 14.2. The highest BCUT2D eigenvalue weighted by atomic mass is 16.5. The molecule has 2 rings (SSSR count). The first-order valence-electron chi connectivity index (χ1n) is 6.23. The summed E-state index contributed by atoms with van der Waals surface area (Å²) in [5, 5.41) is 16.9. The number of anilines is 1. The molecular weight excluding hydrogens is 252 g/mol. The minimum Gasteiger partial charge on any atom is -0.492 e. The summed E-state index contributed by atoms with van der Waals surface area (Å²) in [7, 11) is 0. The van der Waals surface area contributed by atoms with Crippen LogP contribution in [0.4, 0.5) is 11.4 Å². The minimum absolute atomic E-state index is 0.483. The molecule has 5 heteroatoms. The molecule has 20 heavy (non-hydrogen) atoms. The number of ether oxygens (including phenoxy) is 1. The lowest BCUT2D eigenvalue weighted by Crippen LogP contribution is -1.96. The molecule has 0 aliphatic carbocycles. The quantitative estimate of drug-likeness (QED) is 0.655. The predicted molar refractivity (Wildman–Crippen MR) is 76.9 cm³/mol. The van der Waals surface area contributed by atoms with Crippen LogP contribution in [0, 0.1) is 11.3 Å². The zero-order valence-corrected chi connectivity index (χ0v) is 11.1. The van der Waals surface area contributed by atoms with E-state index in [0.29, 0.717) is 23.6 Å². The van der Waals surface area contributed by atoms with E-state index in [0.717, 1.165) is 5.69 Å². The van der Waals surface area contributed by atoms with Crippen LogP contribution in [0.15, 0.2) is 58.9 Å². The van der Waals surface area contributed by atoms with Crippen LogP contribution in [0.1, 0.15) is 12.5 Å². The van der Waals surface area contributed by atoms with E-state index >= 15 is 0 Å². The smallest absolute Gasteiger partial charge is 0.144 e. The highest BCUT2D eigenvalue weighted by Crippen LogP contribution is 2.24. The molecule has 0 atom stereocenters. The van der Waals surface area contributed by atoms with Gasteiger partial charge in [0.2, 0.25) is 0 Å². The third kappa shape index (κ3) is 3.33. The summed E-state index contributed by atoms with van der Waals surface area (Å²) in [5.41, 5.74) is 4.56. The van der Waals surface area contributed by atoms with E-state index < -0.39 is 0 Å². The maximum Gasteiger partial charge on any atom is 0.144 e. The third-order valence-electron chi connectivity index (χ3n) is 2.54. The Morgan fingerprint density at radius 2 is 1.90 bits per heavy atom. The summed E-state index contributed by atoms with van der Waals surface area (Å²) >= 11 is 0. The Bertz CT molecular complexity index is 646. The van der Waals surface area contributed by atoms with Crippen LogP contribution < -0.4 is 10.2 Å². The normalized spacial score (nSPS) is 10.2. The first-order chi connectivity index (χ1) is 9.85. The average Bonchev–Trinajstić information content (AvgIpc) is 2.50. The van der Waals surface area contributed by atoms with Gasteiger partial charge in [0.25, 0.3) is 0 Å². The molecule has 100 valence electrons. The molecular formula is C15H14N4O. The fourth-order valence-corrected chi connectivity index (χ4v) is 1.63. The summed E-state index contributed by atoms with van der Waals surface area (Å²) in [6.45, 7) is 2.49. The van der Waals surface area contributed by atoms with Crippen LogP contribution in [0.25, 0.3) is 0 Å². The van der Waals surface area contributed by atoms with E-state index in [1.807, 2.05) is 37.3 Å². The highest BCUT2D eigenvalue weighted by Gasteiger charge is 2.01. The topological polar surface area (TPSA) is 69.8 Å². The van der Waals surface area contributed by atoms with Gasteiger partial charge in [0.1, 0.15) is 17.5 Å². The summed E-state index contributed by atoms with van der Waals surface area (Å²) in [6, 6.07) is 16.6. The lowest BCUT2D eigenvalue weighted by Gasteiger charge is -2.07. The van der Waals surface area contributed by atoms with Crippen molar-refractivity contribution in [1.29, 1.82) is 5.26 Å². The lowest BCUT2D eigenvalue weighted by atomic mass is 10.2. The first kappa shape index (κ1) is 13.6. The maximum atomic E-state index is 8.96. The molecule has 0 bridgehead atoms. The molecule has 0 heterocycles. The lowest BCUT2D eigenvalue weighted by molar-refractivity contribution is 0.341. The van der Waals surface area contributed by atoms with Crippen molar-refractivity contribution in [2.75, 3.05) is 12.0 Å². The second-order valence-corrected chi connectivity index (χ2v) is 3.87. The van der Waals surface area contributed by atoms with E-state index in [1.165, 1.54) is 0 Å². The van der Waals surface area contributed by atoms with Gasteiger partial charge in [0, 0.05) is 0 Å². The number of para-hydroxylation sites is 2. The van der Waals surface area contributed by atoms with E-state index in [1.54, 1.807) is 18.2 Å². The molecule has 5 nitrogen and oxygen atoms in total. The van der Waals surface area contributed by atoms with Crippen molar-refractivity contribution < 1.29 is 4.74 Å². The molecule has 0 saturated heterocycles. The Morgan fingerprint density at radius 1 is 1.15 bits per heavy atom. The van der Waals surface area contributed by atoms with E-state index in [2.05, 4.69) is 21.8 Å². The molecule has 0 unspecified atom stereocenters. The second kappa shape index (κ2) is 6.90. The van der Waals surface area contributed by atoms with Crippen LogP contribution in [0.2, 0.25) is 0 Å². The van der Waals surface area contributed by atoms with Crippen LogP contribution in [-0.4, -0.2) is 6.61 Å². The number of nitrogens with zero attached hydrogens (tertiary/aromatic N) is 3. The van der Waals surface area contributed by atoms with Crippen LogP contribution in [-0.2, 0) is 0 Å². The molecule has 0 aromatic heterocycles. The van der Waals surface area contributed by atoms with Gasteiger partial charge in [-0.25, -0.2) is 0 Å². The van der Waals surface area contributed by atoms with Gasteiger partial charge in [-0.05, 0) is 31.2 Å². The molecule has 1 N–H and O–H groups in total. The number of nitrogens with one attached hydrogen (secondary N) is 1.